The van der Waals surface area contributed by atoms with E-state index in [4.69, 9.17) is 15.6 Å². The normalized spacial score (nSPS) is 16.1. The fraction of sp³-hybridized carbons (Fsp3) is 0.333. The third kappa shape index (κ3) is 4.82. The molecule has 0 spiro atoms. The third-order valence-corrected chi connectivity index (χ3v) is 6.30. The Morgan fingerprint density at radius 2 is 1.83 bits per heavy atom. The number of nitrogen functional groups attached to an aromatic ring is 1. The molecule has 1 aliphatic heterocycles. The summed E-state index contributed by atoms with van der Waals surface area (Å²) in [6, 6.07) is 17.5. The summed E-state index contributed by atoms with van der Waals surface area (Å²) in [6.45, 7) is 5.55. The summed E-state index contributed by atoms with van der Waals surface area (Å²) >= 11 is 0. The fourth-order valence-electron chi connectivity index (χ4n) is 4.62. The van der Waals surface area contributed by atoms with Gasteiger partial charge in [-0.05, 0) is 55.2 Å². The van der Waals surface area contributed by atoms with E-state index >= 15 is 0 Å². The van der Waals surface area contributed by atoms with Gasteiger partial charge in [-0.1, -0.05) is 32.0 Å². The van der Waals surface area contributed by atoms with E-state index in [0.29, 0.717) is 30.3 Å². The van der Waals surface area contributed by atoms with Gasteiger partial charge in [0.05, 0.1) is 11.4 Å². The minimum absolute atomic E-state index is 0.0334. The maximum Gasteiger partial charge on any atom is 0.222 e. The van der Waals surface area contributed by atoms with Crippen LogP contribution >= 0.6 is 0 Å². The second-order valence-electron chi connectivity index (χ2n) is 9.42. The number of likely N-dealkylation sites (tertiary alicyclic amines) is 1. The molecular formula is C27H30N6O2. The number of benzene rings is 2. The smallest absolute Gasteiger partial charge is 0.222 e. The lowest BCUT2D eigenvalue weighted by Gasteiger charge is -2.33. The summed E-state index contributed by atoms with van der Waals surface area (Å²) in [7, 11) is 0. The zero-order chi connectivity index (χ0) is 24.4. The van der Waals surface area contributed by atoms with Gasteiger partial charge in [0.2, 0.25) is 5.91 Å². The molecule has 2 N–H and O–H groups in total. The number of amides is 1. The molecule has 2 aromatic heterocycles. The third-order valence-electron chi connectivity index (χ3n) is 6.30. The first-order chi connectivity index (χ1) is 17.0. The highest BCUT2D eigenvalue weighted by molar-refractivity contribution is 5.98. The number of nitrogens with zero attached hydrogens (tertiary/aromatic N) is 5. The predicted molar refractivity (Wildman–Crippen MR) is 136 cm³/mol. The lowest BCUT2D eigenvalue weighted by Crippen LogP contribution is -2.41. The van der Waals surface area contributed by atoms with Crippen molar-refractivity contribution in [2.45, 2.75) is 39.2 Å². The largest absolute Gasteiger partial charge is 0.457 e. The van der Waals surface area contributed by atoms with Crippen LogP contribution in [0.3, 0.4) is 0 Å². The van der Waals surface area contributed by atoms with E-state index in [-0.39, 0.29) is 11.9 Å². The van der Waals surface area contributed by atoms with Crippen LogP contribution in [0.15, 0.2) is 60.9 Å². The molecule has 1 atom stereocenters. The summed E-state index contributed by atoms with van der Waals surface area (Å²) in [5.74, 6) is 2.44. The topological polar surface area (TPSA) is 99.2 Å². The van der Waals surface area contributed by atoms with Gasteiger partial charge in [-0.3, -0.25) is 4.79 Å². The number of carbonyl (C=O) groups excluding carboxylic acids is 1. The van der Waals surface area contributed by atoms with Gasteiger partial charge in [-0.2, -0.15) is 5.10 Å². The van der Waals surface area contributed by atoms with Gasteiger partial charge in [0.1, 0.15) is 29.3 Å². The molecule has 2 aromatic carbocycles. The Hall–Kier alpha value is -3.94. The van der Waals surface area contributed by atoms with Crippen LogP contribution in [0.4, 0.5) is 5.82 Å². The highest BCUT2D eigenvalue weighted by Gasteiger charge is 2.28. The van der Waals surface area contributed by atoms with Gasteiger partial charge in [0.15, 0.2) is 5.65 Å². The SMILES string of the molecule is CC(C)CC(=O)N1CCC[C@@H](n2nc(-c3ccc(Oc4ccccc4)cc3)c3c(N)ncnc32)C1. The highest BCUT2D eigenvalue weighted by Crippen LogP contribution is 2.35. The van der Waals surface area contributed by atoms with Gasteiger partial charge in [0, 0.05) is 25.1 Å². The summed E-state index contributed by atoms with van der Waals surface area (Å²) in [5, 5.41) is 5.70. The van der Waals surface area contributed by atoms with Crippen LogP contribution in [0.1, 0.15) is 39.2 Å². The summed E-state index contributed by atoms with van der Waals surface area (Å²) in [6.07, 6.45) is 3.89. The van der Waals surface area contributed by atoms with Crippen LogP contribution in [-0.4, -0.2) is 43.6 Å². The molecule has 8 heteroatoms. The molecule has 1 fully saturated rings. The maximum absolute atomic E-state index is 12.7. The van der Waals surface area contributed by atoms with E-state index in [1.807, 2.05) is 64.2 Å². The number of anilines is 1. The first-order valence-corrected chi connectivity index (χ1v) is 12.1. The number of rotatable bonds is 6. The standard InChI is InChI=1S/C27H30N6O2/c1-18(2)15-23(34)32-14-6-7-20(16-32)33-27-24(26(28)29-17-30-27)25(31-33)19-10-12-22(13-11-19)35-21-8-4-3-5-9-21/h3-5,8-13,17-18,20H,6-7,14-16H2,1-2H3,(H2,28,29,30)/t20-/m1/s1. The molecule has 180 valence electrons. The van der Waals surface area contributed by atoms with Crippen molar-refractivity contribution in [2.24, 2.45) is 5.92 Å². The van der Waals surface area contributed by atoms with Gasteiger partial charge in [-0.15, -0.1) is 0 Å². The summed E-state index contributed by atoms with van der Waals surface area (Å²) < 4.78 is 7.87. The first-order valence-electron chi connectivity index (χ1n) is 12.1. The Bertz CT molecular complexity index is 1320. The predicted octanol–water partition coefficient (Wildman–Crippen LogP) is 5.08. The molecule has 0 bridgehead atoms. The number of ether oxygens (including phenoxy) is 1. The van der Waals surface area contributed by atoms with Crippen molar-refractivity contribution in [3.8, 4) is 22.8 Å². The number of carbonyl (C=O) groups is 1. The molecule has 4 aromatic rings. The second kappa shape index (κ2) is 9.74. The summed E-state index contributed by atoms with van der Waals surface area (Å²) in [4.78, 5) is 23.5. The van der Waals surface area contributed by atoms with E-state index in [1.54, 1.807) is 0 Å². The van der Waals surface area contributed by atoms with Gasteiger partial charge in [0.25, 0.3) is 0 Å². The average Bonchev–Trinajstić information content (AvgIpc) is 3.26. The van der Waals surface area contributed by atoms with Crippen LogP contribution in [0.2, 0.25) is 0 Å². The molecule has 5 rings (SSSR count). The zero-order valence-corrected chi connectivity index (χ0v) is 20.1. The lowest BCUT2D eigenvalue weighted by atomic mass is 10.0. The number of fused-ring (bicyclic) bond motifs is 1. The van der Waals surface area contributed by atoms with Crippen LogP contribution < -0.4 is 10.5 Å². The molecular weight excluding hydrogens is 440 g/mol. The van der Waals surface area contributed by atoms with Crippen molar-refractivity contribution in [3.63, 3.8) is 0 Å². The van der Waals surface area contributed by atoms with Crippen LogP contribution in [0, 0.1) is 5.92 Å². The number of aromatic nitrogens is 4. The number of piperidine rings is 1. The van der Waals surface area contributed by atoms with Crippen molar-refractivity contribution in [3.05, 3.63) is 60.9 Å². The van der Waals surface area contributed by atoms with E-state index < -0.39 is 0 Å². The first kappa shape index (κ1) is 22.8. The number of hydrogen-bond donors (Lipinski definition) is 1. The molecule has 0 radical (unpaired) electrons. The Balaban J connectivity index is 1.46. The van der Waals surface area contributed by atoms with Gasteiger partial charge < -0.3 is 15.4 Å². The van der Waals surface area contributed by atoms with Gasteiger partial charge >= 0.3 is 0 Å². The molecule has 1 saturated heterocycles. The molecule has 0 unspecified atom stereocenters. The van der Waals surface area contributed by atoms with E-state index in [0.717, 1.165) is 47.5 Å². The molecule has 35 heavy (non-hydrogen) atoms. The minimum Gasteiger partial charge on any atom is -0.457 e. The Morgan fingerprint density at radius 1 is 1.09 bits per heavy atom. The van der Waals surface area contributed by atoms with E-state index in [9.17, 15) is 4.79 Å². The molecule has 3 heterocycles. The maximum atomic E-state index is 12.7. The van der Waals surface area contributed by atoms with Crippen molar-refractivity contribution < 1.29 is 9.53 Å². The lowest BCUT2D eigenvalue weighted by molar-refractivity contribution is -0.133. The Labute approximate surface area is 204 Å². The fourth-order valence-corrected chi connectivity index (χ4v) is 4.62. The number of nitrogens with two attached hydrogens (primary N) is 1. The van der Waals surface area contributed by atoms with Crippen LogP contribution in [0.5, 0.6) is 11.5 Å². The number of hydrogen-bond acceptors (Lipinski definition) is 6. The molecule has 1 amide bonds. The van der Waals surface area contributed by atoms with E-state index in [1.165, 1.54) is 6.33 Å². The Kier molecular flexibility index (Phi) is 6.35. The number of para-hydroxylation sites is 1. The second-order valence-corrected chi connectivity index (χ2v) is 9.42. The average molecular weight is 471 g/mol. The van der Waals surface area contributed by atoms with E-state index in [2.05, 4.69) is 23.8 Å². The summed E-state index contributed by atoms with van der Waals surface area (Å²) in [5.41, 5.74) is 8.63. The van der Waals surface area contributed by atoms with Crippen molar-refractivity contribution in [1.82, 2.24) is 24.6 Å². The molecule has 1 aliphatic rings. The van der Waals surface area contributed by atoms with Crippen LogP contribution in [-0.2, 0) is 4.79 Å². The molecule has 8 nitrogen and oxygen atoms in total. The molecule has 0 aliphatic carbocycles. The monoisotopic (exact) mass is 470 g/mol. The quantitative estimate of drug-likeness (QED) is 0.422. The zero-order valence-electron chi connectivity index (χ0n) is 20.1. The van der Waals surface area contributed by atoms with Crippen molar-refractivity contribution >= 4 is 22.8 Å². The van der Waals surface area contributed by atoms with Gasteiger partial charge in [-0.25, -0.2) is 14.6 Å². The minimum atomic E-state index is 0.0334. The van der Waals surface area contributed by atoms with Crippen molar-refractivity contribution in [2.75, 3.05) is 18.8 Å². The highest BCUT2D eigenvalue weighted by atomic mass is 16.5. The Morgan fingerprint density at radius 3 is 2.57 bits per heavy atom. The van der Waals surface area contributed by atoms with Crippen molar-refractivity contribution in [1.29, 1.82) is 0 Å². The van der Waals surface area contributed by atoms with Crippen LogP contribution in [0.25, 0.3) is 22.3 Å². The molecule has 0 saturated carbocycles.